The summed E-state index contributed by atoms with van der Waals surface area (Å²) in [6.45, 7) is 12.8. The van der Waals surface area contributed by atoms with Gasteiger partial charge in [0, 0.05) is 11.8 Å². The van der Waals surface area contributed by atoms with Crippen molar-refractivity contribution in [1.29, 1.82) is 0 Å². The molecule has 1 heterocycles. The number of benzene rings is 2. The van der Waals surface area contributed by atoms with Crippen LogP contribution in [0.2, 0.25) is 19.6 Å². The molecule has 214 valence electrons. The molecule has 0 amide bonds. The molecule has 1 aliphatic heterocycles. The molecule has 0 radical (unpaired) electrons. The molecule has 0 unspecified atom stereocenters. The molecule has 1 aliphatic rings. The molecule has 7 heteroatoms. The number of ether oxygens (including phenoxy) is 5. The second kappa shape index (κ2) is 14.3. The molecule has 0 aromatic heterocycles. The summed E-state index contributed by atoms with van der Waals surface area (Å²) in [5.74, 6) is 1.81. The molecule has 0 spiro atoms. The van der Waals surface area contributed by atoms with Crippen LogP contribution in [0.3, 0.4) is 0 Å². The van der Waals surface area contributed by atoms with E-state index in [-0.39, 0.29) is 18.0 Å². The molecule has 2 atom stereocenters. The third-order valence-corrected chi connectivity index (χ3v) is 8.07. The van der Waals surface area contributed by atoms with Crippen LogP contribution >= 0.6 is 0 Å². The first-order chi connectivity index (χ1) is 18.5. The van der Waals surface area contributed by atoms with Crippen LogP contribution < -0.4 is 9.47 Å². The summed E-state index contributed by atoms with van der Waals surface area (Å²) < 4.78 is 28.9. The van der Waals surface area contributed by atoms with Crippen LogP contribution in [0.1, 0.15) is 44.2 Å². The molecular formula is C32H46O6Si. The van der Waals surface area contributed by atoms with Crippen molar-refractivity contribution in [3.8, 4) is 11.5 Å². The highest BCUT2D eigenvalue weighted by Gasteiger charge is 2.34. The van der Waals surface area contributed by atoms with E-state index >= 15 is 0 Å². The Morgan fingerprint density at radius 3 is 1.90 bits per heavy atom. The minimum Gasteiger partial charge on any atom is -0.497 e. The monoisotopic (exact) mass is 554 g/mol. The van der Waals surface area contributed by atoms with Crippen LogP contribution in [-0.4, -0.2) is 53.5 Å². The fraction of sp³-hybridized carbons (Fsp3) is 0.531. The second-order valence-electron chi connectivity index (χ2n) is 12.2. The van der Waals surface area contributed by atoms with Gasteiger partial charge < -0.3 is 23.7 Å². The molecule has 2 aromatic carbocycles. The predicted octanol–water partition coefficient (Wildman–Crippen LogP) is 6.77. The topological polar surface area (TPSA) is 63.2 Å². The number of Topliss-reactive ketones (excluding diaryl/α,β-unsaturated/α-hetero) is 1. The highest BCUT2D eigenvalue weighted by molar-refractivity contribution is 6.81. The van der Waals surface area contributed by atoms with E-state index in [1.807, 2.05) is 62.4 Å². The fourth-order valence-electron chi connectivity index (χ4n) is 4.72. The first-order valence-electron chi connectivity index (χ1n) is 13.8. The average molecular weight is 555 g/mol. The molecule has 2 aromatic rings. The van der Waals surface area contributed by atoms with E-state index in [1.165, 1.54) is 5.57 Å². The van der Waals surface area contributed by atoms with Crippen molar-refractivity contribution in [2.24, 2.45) is 5.41 Å². The highest BCUT2D eigenvalue weighted by atomic mass is 28.3. The van der Waals surface area contributed by atoms with Crippen molar-refractivity contribution >= 4 is 13.9 Å². The molecule has 0 N–H and O–H groups in total. The lowest BCUT2D eigenvalue weighted by molar-refractivity contribution is -0.137. The Hall–Kier alpha value is -2.45. The standard InChI is InChI=1S/C32H46O6Si/c1-32(2,23-37-20-25-10-14-28(35-4)15-11-25)31(33)18-29-16-26(22-39(5,6)7)17-30(38-29)21-36-19-24-8-12-27(34-3)13-9-24/h8-15,22,29-30H,16-21,23H2,1-7H3/b26-22+/t29-,30+/m0/s1. The quantitative estimate of drug-likeness (QED) is 0.240. The summed E-state index contributed by atoms with van der Waals surface area (Å²) in [6, 6.07) is 15.7. The molecule has 1 saturated heterocycles. The van der Waals surface area contributed by atoms with Gasteiger partial charge in [0.2, 0.25) is 0 Å². The molecule has 0 saturated carbocycles. The minimum absolute atomic E-state index is 0.0631. The normalized spacial score (nSPS) is 19.2. The zero-order valence-electron chi connectivity index (χ0n) is 24.8. The van der Waals surface area contributed by atoms with Crippen molar-refractivity contribution in [3.05, 3.63) is 70.9 Å². The zero-order valence-corrected chi connectivity index (χ0v) is 25.8. The number of methoxy groups -OCH3 is 2. The van der Waals surface area contributed by atoms with E-state index in [0.717, 1.165) is 35.5 Å². The lowest BCUT2D eigenvalue weighted by atomic mass is 9.84. The smallest absolute Gasteiger partial charge is 0.143 e. The maximum absolute atomic E-state index is 13.4. The van der Waals surface area contributed by atoms with Crippen LogP contribution in [0.4, 0.5) is 0 Å². The summed E-state index contributed by atoms with van der Waals surface area (Å²) in [5, 5.41) is 0. The van der Waals surface area contributed by atoms with Gasteiger partial charge in [-0.05, 0) is 48.2 Å². The van der Waals surface area contributed by atoms with Gasteiger partial charge in [-0.1, -0.05) is 69.0 Å². The minimum atomic E-state index is -1.41. The summed E-state index contributed by atoms with van der Waals surface area (Å²) in [4.78, 5) is 13.4. The van der Waals surface area contributed by atoms with E-state index in [1.54, 1.807) is 14.2 Å². The van der Waals surface area contributed by atoms with Gasteiger partial charge in [0.05, 0.1) is 60.9 Å². The van der Waals surface area contributed by atoms with Crippen molar-refractivity contribution in [3.63, 3.8) is 0 Å². The van der Waals surface area contributed by atoms with Crippen LogP contribution in [0, 0.1) is 5.41 Å². The number of ketones is 1. The maximum Gasteiger partial charge on any atom is 0.143 e. The van der Waals surface area contributed by atoms with Crippen molar-refractivity contribution in [2.75, 3.05) is 27.4 Å². The van der Waals surface area contributed by atoms with Crippen molar-refractivity contribution in [1.82, 2.24) is 0 Å². The Morgan fingerprint density at radius 2 is 1.38 bits per heavy atom. The van der Waals surface area contributed by atoms with Crippen LogP contribution in [0.15, 0.2) is 59.8 Å². The van der Waals surface area contributed by atoms with E-state index in [4.69, 9.17) is 23.7 Å². The van der Waals surface area contributed by atoms with E-state index in [0.29, 0.717) is 32.8 Å². The third kappa shape index (κ3) is 10.6. The summed E-state index contributed by atoms with van der Waals surface area (Å²) in [6.07, 6.45) is 1.81. The Kier molecular flexibility index (Phi) is 11.4. The highest BCUT2D eigenvalue weighted by Crippen LogP contribution is 2.31. The Morgan fingerprint density at radius 1 is 0.872 bits per heavy atom. The summed E-state index contributed by atoms with van der Waals surface area (Å²) in [5.41, 5.74) is 5.40. The molecule has 0 bridgehead atoms. The van der Waals surface area contributed by atoms with Crippen LogP contribution in [-0.2, 0) is 32.2 Å². The van der Waals surface area contributed by atoms with E-state index < -0.39 is 13.5 Å². The fourth-order valence-corrected chi connectivity index (χ4v) is 6.19. The van der Waals surface area contributed by atoms with E-state index in [2.05, 4.69) is 25.3 Å². The van der Waals surface area contributed by atoms with Crippen LogP contribution in [0.5, 0.6) is 11.5 Å². The Bertz CT molecular complexity index is 1070. The van der Waals surface area contributed by atoms with Crippen molar-refractivity contribution in [2.45, 2.75) is 78.2 Å². The van der Waals surface area contributed by atoms with Gasteiger partial charge in [0.25, 0.3) is 0 Å². The van der Waals surface area contributed by atoms with Gasteiger partial charge in [0.1, 0.15) is 17.3 Å². The first-order valence-corrected chi connectivity index (χ1v) is 17.4. The number of carbonyl (C=O) groups excluding carboxylic acids is 1. The number of hydrogen-bond donors (Lipinski definition) is 0. The lowest BCUT2D eigenvalue weighted by Gasteiger charge is -2.34. The number of hydrogen-bond acceptors (Lipinski definition) is 6. The van der Waals surface area contributed by atoms with Crippen LogP contribution in [0.25, 0.3) is 0 Å². The number of carbonyl (C=O) groups is 1. The molecule has 1 fully saturated rings. The van der Waals surface area contributed by atoms with Gasteiger partial charge in [-0.2, -0.15) is 0 Å². The Labute approximate surface area is 235 Å². The molecule has 39 heavy (non-hydrogen) atoms. The third-order valence-electron chi connectivity index (χ3n) is 6.79. The summed E-state index contributed by atoms with van der Waals surface area (Å²) >= 11 is 0. The first kappa shape index (κ1) is 31.1. The predicted molar refractivity (Wildman–Crippen MR) is 158 cm³/mol. The molecule has 6 nitrogen and oxygen atoms in total. The molecular weight excluding hydrogens is 508 g/mol. The van der Waals surface area contributed by atoms with E-state index in [9.17, 15) is 4.79 Å². The average Bonchev–Trinajstić information content (AvgIpc) is 2.88. The largest absolute Gasteiger partial charge is 0.497 e. The van der Waals surface area contributed by atoms with Gasteiger partial charge in [-0.3, -0.25) is 4.79 Å². The molecule has 0 aliphatic carbocycles. The number of rotatable bonds is 14. The molecule has 3 rings (SSSR count). The van der Waals surface area contributed by atoms with Gasteiger partial charge in [0.15, 0.2) is 0 Å². The SMILES string of the molecule is COc1ccc(COC[C@H]2C/C(=C/[Si](C)(C)C)C[C@@H](CC(=O)C(C)(C)COCc3ccc(OC)cc3)O2)cc1. The zero-order chi connectivity index (χ0) is 28.5. The second-order valence-corrected chi connectivity index (χ2v) is 17.2. The lowest BCUT2D eigenvalue weighted by Crippen LogP contribution is -2.38. The summed E-state index contributed by atoms with van der Waals surface area (Å²) in [7, 11) is 1.90. The van der Waals surface area contributed by atoms with Gasteiger partial charge >= 0.3 is 0 Å². The van der Waals surface area contributed by atoms with Crippen molar-refractivity contribution < 1.29 is 28.5 Å². The van der Waals surface area contributed by atoms with Gasteiger partial charge in [-0.15, -0.1) is 0 Å². The Balaban J connectivity index is 1.55. The maximum atomic E-state index is 13.4. The van der Waals surface area contributed by atoms with Gasteiger partial charge in [-0.25, -0.2) is 0 Å².